The number of rotatable bonds is 3. The summed E-state index contributed by atoms with van der Waals surface area (Å²) in [6, 6.07) is -0.245. The summed E-state index contributed by atoms with van der Waals surface area (Å²) in [5.74, 6) is 0. The molecule has 1 radical (unpaired) electrons. The van der Waals surface area contributed by atoms with Crippen molar-refractivity contribution < 1.29 is 9.59 Å². The Morgan fingerprint density at radius 3 is 2.60 bits per heavy atom. The van der Waals surface area contributed by atoms with Crippen LogP contribution in [0.15, 0.2) is 0 Å². The van der Waals surface area contributed by atoms with E-state index in [0.29, 0.717) is 0 Å². The number of hydrogen-bond donors (Lipinski definition) is 2. The van der Waals surface area contributed by atoms with Gasteiger partial charge in [-0.1, -0.05) is 0 Å². The number of hydrogen-bond acceptors (Lipinski definition) is 2. The quantitative estimate of drug-likeness (QED) is 0.575. The topological polar surface area (TPSA) is 58.2 Å². The second kappa shape index (κ2) is 4.78. The fraction of sp³-hybridized carbons (Fsp3) is 0.667. The van der Waals surface area contributed by atoms with Gasteiger partial charge in [0.1, 0.15) is 0 Å². The molecule has 0 aromatic heterocycles. The summed E-state index contributed by atoms with van der Waals surface area (Å²) in [6.45, 7) is 3.62. The van der Waals surface area contributed by atoms with Gasteiger partial charge in [0, 0.05) is 6.04 Å². The Morgan fingerprint density at radius 1 is 1.60 bits per heavy atom. The summed E-state index contributed by atoms with van der Waals surface area (Å²) in [7, 11) is 0. The average Bonchev–Trinajstić information content (AvgIpc) is 1.82. The van der Waals surface area contributed by atoms with Crippen LogP contribution in [0.5, 0.6) is 0 Å². The Kier molecular flexibility index (Phi) is 4.28. The Hall–Kier alpha value is -1.06. The van der Waals surface area contributed by atoms with Crippen molar-refractivity contribution in [2.45, 2.75) is 19.9 Å². The van der Waals surface area contributed by atoms with Gasteiger partial charge in [0.2, 0.25) is 6.29 Å². The molecule has 0 bridgehead atoms. The lowest BCUT2D eigenvalue weighted by molar-refractivity contribution is 0.239. The van der Waals surface area contributed by atoms with Crippen LogP contribution >= 0.6 is 0 Å². The zero-order valence-corrected chi connectivity index (χ0v) is 6.10. The number of nitrogens with one attached hydrogen (secondary N) is 2. The van der Waals surface area contributed by atoms with Crippen molar-refractivity contribution in [1.29, 1.82) is 0 Å². The van der Waals surface area contributed by atoms with Gasteiger partial charge in [-0.2, -0.15) is 0 Å². The van der Waals surface area contributed by atoms with Crippen LogP contribution in [0.25, 0.3) is 0 Å². The van der Waals surface area contributed by atoms with E-state index in [1.54, 1.807) is 6.29 Å². The van der Waals surface area contributed by atoms with Gasteiger partial charge in [-0.15, -0.1) is 0 Å². The standard InChI is InChI=1S/C6H11N2O2/c1-5(2)8-6(10)7-3-4-9/h5H,3H2,1-2H3,(H2,7,8,10). The van der Waals surface area contributed by atoms with Crippen LogP contribution < -0.4 is 10.6 Å². The molecule has 2 N–H and O–H groups in total. The molecule has 0 aliphatic rings. The number of amides is 2. The maximum Gasteiger partial charge on any atom is 0.315 e. The molecule has 0 rings (SSSR count). The molecule has 0 heterocycles. The highest BCUT2D eigenvalue weighted by molar-refractivity contribution is 5.76. The van der Waals surface area contributed by atoms with Crippen molar-refractivity contribution in [3.05, 3.63) is 0 Å². The summed E-state index contributed by atoms with van der Waals surface area (Å²) in [5.41, 5.74) is 0. The van der Waals surface area contributed by atoms with Gasteiger partial charge < -0.3 is 10.6 Å². The van der Waals surface area contributed by atoms with E-state index < -0.39 is 0 Å². The van der Waals surface area contributed by atoms with E-state index in [1.165, 1.54) is 0 Å². The van der Waals surface area contributed by atoms with Gasteiger partial charge in [0.25, 0.3) is 0 Å². The Bertz CT molecular complexity index is 123. The molecule has 10 heavy (non-hydrogen) atoms. The predicted molar refractivity (Wildman–Crippen MR) is 37.4 cm³/mol. The number of carbonyl (C=O) groups excluding carboxylic acids is 2. The summed E-state index contributed by atoms with van der Waals surface area (Å²) >= 11 is 0. The molecule has 0 aromatic rings. The van der Waals surface area contributed by atoms with E-state index in [2.05, 4.69) is 10.6 Å². The van der Waals surface area contributed by atoms with Crippen molar-refractivity contribution in [2.24, 2.45) is 0 Å². The predicted octanol–water partition coefficient (Wildman–Crippen LogP) is -0.196. The molecule has 0 aliphatic heterocycles. The first-order valence-corrected chi connectivity index (χ1v) is 3.06. The largest absolute Gasteiger partial charge is 0.336 e. The van der Waals surface area contributed by atoms with E-state index in [1.807, 2.05) is 13.8 Å². The van der Waals surface area contributed by atoms with E-state index in [9.17, 15) is 9.59 Å². The maximum atomic E-state index is 10.6. The third-order valence-electron chi connectivity index (χ3n) is 0.741. The molecule has 0 spiro atoms. The normalized spacial score (nSPS) is 9.10. The monoisotopic (exact) mass is 143 g/mol. The SMILES string of the molecule is CC(C)NC(=O)NC[C]=O. The Balaban J connectivity index is 3.34. The number of urea groups is 1. The van der Waals surface area contributed by atoms with Crippen LogP contribution in [0.3, 0.4) is 0 Å². The lowest BCUT2D eigenvalue weighted by atomic mass is 10.4. The molecule has 2 amide bonds. The van der Waals surface area contributed by atoms with Crippen LogP contribution in [-0.4, -0.2) is 24.9 Å². The molecule has 4 nitrogen and oxygen atoms in total. The average molecular weight is 143 g/mol. The van der Waals surface area contributed by atoms with E-state index in [0.717, 1.165) is 0 Å². The van der Waals surface area contributed by atoms with Crippen LogP contribution in [0.2, 0.25) is 0 Å². The highest BCUT2D eigenvalue weighted by atomic mass is 16.2. The van der Waals surface area contributed by atoms with E-state index in [-0.39, 0.29) is 18.6 Å². The molecule has 0 aromatic carbocycles. The van der Waals surface area contributed by atoms with Crippen LogP contribution in [-0.2, 0) is 4.79 Å². The molecule has 57 valence electrons. The molecular formula is C6H11N2O2. The van der Waals surface area contributed by atoms with Gasteiger partial charge in [0.15, 0.2) is 0 Å². The van der Waals surface area contributed by atoms with Crippen molar-refractivity contribution >= 4 is 12.3 Å². The zero-order chi connectivity index (χ0) is 7.98. The maximum absolute atomic E-state index is 10.6. The molecule has 0 saturated carbocycles. The van der Waals surface area contributed by atoms with Crippen LogP contribution in [0, 0.1) is 0 Å². The van der Waals surface area contributed by atoms with Gasteiger partial charge >= 0.3 is 6.03 Å². The van der Waals surface area contributed by atoms with E-state index >= 15 is 0 Å². The lowest BCUT2D eigenvalue weighted by Gasteiger charge is -2.06. The third kappa shape index (κ3) is 5.08. The fourth-order valence-corrected chi connectivity index (χ4v) is 0.430. The van der Waals surface area contributed by atoms with Crippen molar-refractivity contribution in [3.63, 3.8) is 0 Å². The van der Waals surface area contributed by atoms with Gasteiger partial charge in [0.05, 0.1) is 6.54 Å². The van der Waals surface area contributed by atoms with Gasteiger partial charge in [-0.25, -0.2) is 4.79 Å². The number of carbonyl (C=O) groups is 1. The summed E-state index contributed by atoms with van der Waals surface area (Å²) in [5, 5.41) is 4.84. The van der Waals surface area contributed by atoms with Crippen molar-refractivity contribution in [1.82, 2.24) is 10.6 Å². The second-order valence-corrected chi connectivity index (χ2v) is 2.13. The van der Waals surface area contributed by atoms with Crippen molar-refractivity contribution in [2.75, 3.05) is 6.54 Å². The highest BCUT2D eigenvalue weighted by Gasteiger charge is 1.99. The third-order valence-corrected chi connectivity index (χ3v) is 0.741. The molecule has 0 atom stereocenters. The molecule has 0 unspecified atom stereocenters. The fourth-order valence-electron chi connectivity index (χ4n) is 0.430. The first kappa shape index (κ1) is 8.94. The van der Waals surface area contributed by atoms with Crippen LogP contribution in [0.4, 0.5) is 4.79 Å². The first-order chi connectivity index (χ1) is 4.66. The summed E-state index contributed by atoms with van der Waals surface area (Å²) in [4.78, 5) is 20.2. The zero-order valence-electron chi connectivity index (χ0n) is 6.10. The molecule has 0 saturated heterocycles. The summed E-state index contributed by atoms with van der Waals surface area (Å²) in [6.07, 6.45) is 1.55. The minimum absolute atomic E-state index is 0.0570. The highest BCUT2D eigenvalue weighted by Crippen LogP contribution is 1.74. The van der Waals surface area contributed by atoms with Crippen LogP contribution in [0.1, 0.15) is 13.8 Å². The smallest absolute Gasteiger partial charge is 0.315 e. The molecule has 0 fully saturated rings. The Labute approximate surface area is 60.0 Å². The van der Waals surface area contributed by atoms with E-state index in [4.69, 9.17) is 0 Å². The minimum Gasteiger partial charge on any atom is -0.336 e. The Morgan fingerprint density at radius 2 is 2.20 bits per heavy atom. The summed E-state index contributed by atoms with van der Waals surface area (Å²) < 4.78 is 0. The molecule has 4 heteroatoms. The minimum atomic E-state index is -0.335. The molecule has 0 aliphatic carbocycles. The lowest BCUT2D eigenvalue weighted by Crippen LogP contribution is -2.40. The van der Waals surface area contributed by atoms with Crippen molar-refractivity contribution in [3.8, 4) is 0 Å². The molecular weight excluding hydrogens is 132 g/mol. The second-order valence-electron chi connectivity index (χ2n) is 2.13. The first-order valence-electron chi connectivity index (χ1n) is 3.06. The van der Waals surface area contributed by atoms with Gasteiger partial charge in [-0.05, 0) is 13.8 Å². The van der Waals surface area contributed by atoms with Gasteiger partial charge in [-0.3, -0.25) is 4.79 Å².